The average molecular weight is 485 g/mol. The van der Waals surface area contributed by atoms with Crippen LogP contribution in [0.25, 0.3) is 27.8 Å². The van der Waals surface area contributed by atoms with Crippen LogP contribution in [0.4, 0.5) is 0 Å². The number of nitrogens with zero attached hydrogens (tertiary/aromatic N) is 4. The van der Waals surface area contributed by atoms with Crippen LogP contribution in [0.2, 0.25) is 0 Å². The number of rotatable bonds is 6. The quantitative estimate of drug-likeness (QED) is 0.303. The molecule has 0 saturated carbocycles. The Kier molecular flexibility index (Phi) is 6.46. The number of benzene rings is 2. The van der Waals surface area contributed by atoms with Crippen LogP contribution in [0.5, 0.6) is 5.75 Å². The summed E-state index contributed by atoms with van der Waals surface area (Å²) < 4.78 is 10.7. The molecule has 5 nitrogen and oxygen atoms in total. The van der Waals surface area contributed by atoms with Gasteiger partial charge in [-0.05, 0) is 48.1 Å². The van der Waals surface area contributed by atoms with E-state index < -0.39 is 0 Å². The number of aromatic nitrogens is 3. The van der Waals surface area contributed by atoms with Gasteiger partial charge in [0.05, 0.1) is 18.0 Å². The number of ether oxygens (including phenoxy) is 1. The number of fused-ring (bicyclic) bond motifs is 2. The van der Waals surface area contributed by atoms with Crippen molar-refractivity contribution in [1.82, 2.24) is 19.2 Å². The van der Waals surface area contributed by atoms with E-state index in [4.69, 9.17) is 9.84 Å². The summed E-state index contributed by atoms with van der Waals surface area (Å²) in [5.41, 5.74) is 8.67. The van der Waals surface area contributed by atoms with Crippen LogP contribution in [0.3, 0.4) is 0 Å². The van der Waals surface area contributed by atoms with Crippen molar-refractivity contribution in [2.75, 3.05) is 19.7 Å². The van der Waals surface area contributed by atoms with E-state index in [1.165, 1.54) is 39.0 Å². The largest absolute Gasteiger partial charge is 0.491 e. The topological polar surface area (TPSA) is 35.2 Å². The summed E-state index contributed by atoms with van der Waals surface area (Å²) in [4.78, 5) is 2.59. The van der Waals surface area contributed by atoms with Gasteiger partial charge in [-0.25, -0.2) is 4.68 Å². The highest BCUT2D eigenvalue weighted by atomic mass is 16.5. The van der Waals surface area contributed by atoms with Crippen LogP contribution in [0.15, 0.2) is 48.7 Å². The Morgan fingerprint density at radius 3 is 2.64 bits per heavy atom. The van der Waals surface area contributed by atoms with Gasteiger partial charge in [-0.1, -0.05) is 52.8 Å². The summed E-state index contributed by atoms with van der Waals surface area (Å²) in [5, 5.41) is 6.52. The summed E-state index contributed by atoms with van der Waals surface area (Å²) in [7, 11) is 2.10. The molecule has 190 valence electrons. The first-order valence-electron chi connectivity index (χ1n) is 13.2. The molecule has 0 spiro atoms. The molecule has 0 amide bonds. The third-order valence-corrected chi connectivity index (χ3v) is 6.95. The molecular formula is C31H40N4O. The van der Waals surface area contributed by atoms with E-state index in [9.17, 15) is 0 Å². The molecule has 5 heteroatoms. The van der Waals surface area contributed by atoms with Crippen molar-refractivity contribution in [2.45, 2.75) is 54.5 Å². The Bertz CT molecular complexity index is 1390. The molecular weight excluding hydrogens is 444 g/mol. The second-order valence-corrected chi connectivity index (χ2v) is 12.0. The monoisotopic (exact) mass is 484 g/mol. The predicted octanol–water partition coefficient (Wildman–Crippen LogP) is 6.78. The molecule has 0 N–H and O–H groups in total. The van der Waals surface area contributed by atoms with E-state index in [0.29, 0.717) is 12.5 Å². The molecule has 3 heterocycles. The summed E-state index contributed by atoms with van der Waals surface area (Å²) in [6.45, 7) is 17.2. The standard InChI is InChI=1S/C31H40N4O/c1-21(2)19-36-28-10-8-9-22(3)29(28)35-30(24-11-12-27-23(17-24)13-15-33(27)7)25-18-34(20-31(4,5)6)16-14-26(25)32-35/h8-13,15,17,21H,14,16,18-20H2,1-7H3. The molecule has 1 aliphatic heterocycles. The number of aryl methyl sites for hydroxylation is 2. The van der Waals surface area contributed by atoms with Crippen molar-refractivity contribution in [3.63, 3.8) is 0 Å². The minimum absolute atomic E-state index is 0.254. The van der Waals surface area contributed by atoms with E-state index in [-0.39, 0.29) is 5.41 Å². The van der Waals surface area contributed by atoms with Crippen molar-refractivity contribution < 1.29 is 4.74 Å². The Morgan fingerprint density at radius 2 is 1.89 bits per heavy atom. The summed E-state index contributed by atoms with van der Waals surface area (Å²) in [6, 6.07) is 15.3. The van der Waals surface area contributed by atoms with Gasteiger partial charge < -0.3 is 9.30 Å². The Morgan fingerprint density at radius 1 is 1.08 bits per heavy atom. The minimum atomic E-state index is 0.254. The number of hydrogen-bond acceptors (Lipinski definition) is 3. The number of para-hydroxylation sites is 1. The molecule has 0 saturated heterocycles. The first-order chi connectivity index (χ1) is 17.1. The lowest BCUT2D eigenvalue weighted by Gasteiger charge is -2.32. The SMILES string of the molecule is Cc1cccc(OCC(C)C)c1-n1nc2c(c1-c1ccc3c(ccn3C)c1)CN(CC(C)(C)C)CC2. The Labute approximate surface area is 215 Å². The van der Waals surface area contributed by atoms with Gasteiger partial charge in [-0.3, -0.25) is 4.90 Å². The summed E-state index contributed by atoms with van der Waals surface area (Å²) >= 11 is 0. The lowest BCUT2D eigenvalue weighted by Crippen LogP contribution is -2.36. The Hall–Kier alpha value is -3.05. The van der Waals surface area contributed by atoms with E-state index >= 15 is 0 Å². The fraction of sp³-hybridized carbons (Fsp3) is 0.452. The van der Waals surface area contributed by atoms with E-state index in [0.717, 1.165) is 37.5 Å². The maximum Gasteiger partial charge on any atom is 0.145 e. The lowest BCUT2D eigenvalue weighted by molar-refractivity contribution is 0.176. The zero-order valence-corrected chi connectivity index (χ0v) is 22.9. The van der Waals surface area contributed by atoms with Crippen LogP contribution in [0.1, 0.15) is 51.4 Å². The molecule has 0 fully saturated rings. The predicted molar refractivity (Wildman–Crippen MR) is 149 cm³/mol. The molecule has 0 atom stereocenters. The zero-order valence-electron chi connectivity index (χ0n) is 22.9. The fourth-order valence-electron chi connectivity index (χ4n) is 5.40. The minimum Gasteiger partial charge on any atom is -0.491 e. The van der Waals surface area contributed by atoms with Gasteiger partial charge in [0.15, 0.2) is 0 Å². The highest BCUT2D eigenvalue weighted by Gasteiger charge is 2.29. The molecule has 2 aromatic heterocycles. The van der Waals surface area contributed by atoms with Crippen molar-refractivity contribution >= 4 is 10.9 Å². The van der Waals surface area contributed by atoms with Crippen LogP contribution >= 0.6 is 0 Å². The highest BCUT2D eigenvalue weighted by molar-refractivity contribution is 5.86. The first kappa shape index (κ1) is 24.6. The smallest absolute Gasteiger partial charge is 0.145 e. The maximum atomic E-state index is 6.34. The van der Waals surface area contributed by atoms with E-state index in [2.05, 4.69) is 111 Å². The van der Waals surface area contributed by atoms with Crippen molar-refractivity contribution in [1.29, 1.82) is 0 Å². The number of hydrogen-bond donors (Lipinski definition) is 0. The fourth-order valence-corrected chi connectivity index (χ4v) is 5.40. The van der Waals surface area contributed by atoms with Crippen molar-refractivity contribution in [2.24, 2.45) is 18.4 Å². The molecule has 1 aliphatic rings. The van der Waals surface area contributed by atoms with Gasteiger partial charge in [-0.2, -0.15) is 5.10 Å². The van der Waals surface area contributed by atoms with Crippen LogP contribution in [-0.2, 0) is 20.0 Å². The normalized spacial score (nSPS) is 14.6. The first-order valence-corrected chi connectivity index (χ1v) is 13.2. The summed E-state index contributed by atoms with van der Waals surface area (Å²) in [5.74, 6) is 1.35. The lowest BCUT2D eigenvalue weighted by atomic mass is 9.93. The molecule has 0 unspecified atom stereocenters. The average Bonchev–Trinajstić information content (AvgIpc) is 3.36. The summed E-state index contributed by atoms with van der Waals surface area (Å²) in [6.07, 6.45) is 3.10. The van der Waals surface area contributed by atoms with Crippen LogP contribution < -0.4 is 4.74 Å². The second-order valence-electron chi connectivity index (χ2n) is 12.0. The molecule has 2 aromatic carbocycles. The molecule has 5 rings (SSSR count). The van der Waals surface area contributed by atoms with Gasteiger partial charge in [0.25, 0.3) is 0 Å². The van der Waals surface area contributed by atoms with E-state index in [1.54, 1.807) is 0 Å². The van der Waals surface area contributed by atoms with Gasteiger partial charge in [0, 0.05) is 61.3 Å². The highest BCUT2D eigenvalue weighted by Crippen LogP contribution is 2.38. The van der Waals surface area contributed by atoms with Crippen molar-refractivity contribution in [3.8, 4) is 22.7 Å². The van der Waals surface area contributed by atoms with Crippen molar-refractivity contribution in [3.05, 3.63) is 65.5 Å². The van der Waals surface area contributed by atoms with Gasteiger partial charge in [0.1, 0.15) is 11.4 Å². The Balaban J connectivity index is 1.69. The molecule has 0 bridgehead atoms. The maximum absolute atomic E-state index is 6.34. The van der Waals surface area contributed by atoms with Gasteiger partial charge in [-0.15, -0.1) is 0 Å². The van der Waals surface area contributed by atoms with Crippen LogP contribution in [0, 0.1) is 18.3 Å². The third-order valence-electron chi connectivity index (χ3n) is 6.95. The van der Waals surface area contributed by atoms with E-state index in [1.807, 2.05) is 0 Å². The van der Waals surface area contributed by atoms with Gasteiger partial charge >= 0.3 is 0 Å². The van der Waals surface area contributed by atoms with Crippen LogP contribution in [-0.4, -0.2) is 38.9 Å². The van der Waals surface area contributed by atoms with Gasteiger partial charge in [0.2, 0.25) is 0 Å². The molecule has 0 radical (unpaired) electrons. The molecule has 36 heavy (non-hydrogen) atoms. The second kappa shape index (κ2) is 9.44. The zero-order chi connectivity index (χ0) is 25.6. The molecule has 0 aliphatic carbocycles. The third kappa shape index (κ3) is 4.81. The molecule has 4 aromatic rings.